The highest BCUT2D eigenvalue weighted by atomic mass is 15.7. The second-order valence-corrected chi connectivity index (χ2v) is 2.79. The first-order chi connectivity index (χ1) is 4.95. The van der Waals surface area contributed by atoms with Crippen LogP contribution in [0.25, 0.3) is 0 Å². The molecule has 0 spiro atoms. The molecule has 2 aliphatic rings. The monoisotopic (exact) mass is 140 g/mol. The van der Waals surface area contributed by atoms with Gasteiger partial charge in [0.1, 0.15) is 0 Å². The Hall–Kier alpha value is -0.800. The predicted octanol–water partition coefficient (Wildman–Crippen LogP) is 0.680. The van der Waals surface area contributed by atoms with Crippen LogP contribution in [0.5, 0.6) is 0 Å². The van der Waals surface area contributed by atoms with E-state index in [0.717, 1.165) is 26.2 Å². The Morgan fingerprint density at radius 2 is 1.10 bits per heavy atom. The van der Waals surface area contributed by atoms with Crippen molar-refractivity contribution in [2.75, 3.05) is 26.2 Å². The van der Waals surface area contributed by atoms with E-state index in [0.29, 0.717) is 0 Å². The first-order valence-electron chi connectivity index (χ1n) is 3.86. The van der Waals surface area contributed by atoms with Crippen LogP contribution in [0.3, 0.4) is 0 Å². The van der Waals surface area contributed by atoms with Crippen LogP contribution in [-0.2, 0) is 0 Å². The number of rotatable bonds is 2. The van der Waals surface area contributed by atoms with Gasteiger partial charge in [0, 0.05) is 26.2 Å². The van der Waals surface area contributed by atoms with Crippen molar-refractivity contribution < 1.29 is 0 Å². The second kappa shape index (κ2) is 2.44. The largest absolute Gasteiger partial charge is 0.277 e. The standard InChI is InChI=1S/C6H12N4/c1-3-9(4-1)7-8-10-5-2-6-10/h1-6H2. The molecule has 2 saturated heterocycles. The molecule has 0 atom stereocenters. The maximum Gasteiger partial charge on any atom is 0.0395 e. The van der Waals surface area contributed by atoms with Crippen LogP contribution >= 0.6 is 0 Å². The molecule has 0 amide bonds. The predicted molar refractivity (Wildman–Crippen MR) is 37.2 cm³/mol. The van der Waals surface area contributed by atoms with Crippen LogP contribution < -0.4 is 0 Å². The van der Waals surface area contributed by atoms with E-state index in [-0.39, 0.29) is 0 Å². The first kappa shape index (κ1) is 5.95. The van der Waals surface area contributed by atoms with Crippen molar-refractivity contribution in [1.29, 1.82) is 0 Å². The Bertz CT molecular complexity index is 121. The smallest absolute Gasteiger partial charge is 0.0395 e. The fraction of sp³-hybridized carbons (Fsp3) is 1.00. The van der Waals surface area contributed by atoms with Crippen LogP contribution in [0.4, 0.5) is 0 Å². The van der Waals surface area contributed by atoms with Crippen LogP contribution in [-0.4, -0.2) is 36.2 Å². The van der Waals surface area contributed by atoms with E-state index in [1.807, 2.05) is 10.0 Å². The zero-order chi connectivity index (χ0) is 6.81. The van der Waals surface area contributed by atoms with E-state index in [4.69, 9.17) is 0 Å². The SMILES string of the molecule is C1CN(N=NN2CCC2)C1. The summed E-state index contributed by atoms with van der Waals surface area (Å²) in [7, 11) is 0. The van der Waals surface area contributed by atoms with E-state index in [9.17, 15) is 0 Å². The summed E-state index contributed by atoms with van der Waals surface area (Å²) in [6.45, 7) is 4.38. The van der Waals surface area contributed by atoms with Gasteiger partial charge < -0.3 is 0 Å². The molecule has 4 heteroatoms. The quantitative estimate of drug-likeness (QED) is 0.528. The fourth-order valence-corrected chi connectivity index (χ4v) is 0.891. The molecule has 0 bridgehead atoms. The molecule has 2 rings (SSSR count). The lowest BCUT2D eigenvalue weighted by Gasteiger charge is -2.30. The van der Waals surface area contributed by atoms with Gasteiger partial charge in [-0.15, -0.1) is 0 Å². The second-order valence-electron chi connectivity index (χ2n) is 2.79. The van der Waals surface area contributed by atoms with Crippen molar-refractivity contribution in [3.63, 3.8) is 0 Å². The minimum absolute atomic E-state index is 1.09. The number of hydrogen-bond donors (Lipinski definition) is 0. The molecule has 2 heterocycles. The Kier molecular flexibility index (Phi) is 1.45. The summed E-state index contributed by atoms with van der Waals surface area (Å²) >= 11 is 0. The van der Waals surface area contributed by atoms with Crippen molar-refractivity contribution in [2.24, 2.45) is 10.4 Å². The summed E-state index contributed by atoms with van der Waals surface area (Å²) in [6, 6.07) is 0. The lowest BCUT2D eigenvalue weighted by Crippen LogP contribution is -2.35. The average Bonchev–Trinajstić information content (AvgIpc) is 1.70. The highest BCUT2D eigenvalue weighted by molar-refractivity contribution is 4.64. The molecule has 0 saturated carbocycles. The first-order valence-corrected chi connectivity index (χ1v) is 3.86. The highest BCUT2D eigenvalue weighted by Crippen LogP contribution is 2.10. The Morgan fingerprint density at radius 3 is 1.30 bits per heavy atom. The number of hydrogen-bond acceptors (Lipinski definition) is 2. The minimum atomic E-state index is 1.09. The molecule has 56 valence electrons. The van der Waals surface area contributed by atoms with Crippen molar-refractivity contribution >= 4 is 0 Å². The molecular formula is C6H12N4. The van der Waals surface area contributed by atoms with Crippen molar-refractivity contribution in [1.82, 2.24) is 10.0 Å². The molecule has 4 nitrogen and oxygen atoms in total. The van der Waals surface area contributed by atoms with Gasteiger partial charge in [0.05, 0.1) is 0 Å². The molecule has 0 unspecified atom stereocenters. The van der Waals surface area contributed by atoms with Gasteiger partial charge in [0.15, 0.2) is 0 Å². The van der Waals surface area contributed by atoms with E-state index in [1.54, 1.807) is 0 Å². The molecular weight excluding hydrogens is 128 g/mol. The Balaban J connectivity index is 1.70. The van der Waals surface area contributed by atoms with Gasteiger partial charge in [0.2, 0.25) is 0 Å². The molecule has 0 aromatic rings. The van der Waals surface area contributed by atoms with Crippen LogP contribution in [0.15, 0.2) is 10.4 Å². The van der Waals surface area contributed by atoms with E-state index in [1.165, 1.54) is 12.8 Å². The van der Waals surface area contributed by atoms with Gasteiger partial charge in [-0.25, -0.2) is 0 Å². The summed E-state index contributed by atoms with van der Waals surface area (Å²) < 4.78 is 0. The van der Waals surface area contributed by atoms with Crippen molar-refractivity contribution in [3.8, 4) is 0 Å². The summed E-state index contributed by atoms with van der Waals surface area (Å²) in [5.74, 6) is 0. The van der Waals surface area contributed by atoms with Gasteiger partial charge in [-0.05, 0) is 12.8 Å². The maximum absolute atomic E-state index is 4.04. The topological polar surface area (TPSA) is 31.2 Å². The van der Waals surface area contributed by atoms with Crippen LogP contribution in [0.2, 0.25) is 0 Å². The Morgan fingerprint density at radius 1 is 0.700 bits per heavy atom. The lowest BCUT2D eigenvalue weighted by molar-refractivity contribution is 0.112. The number of nitrogens with zero attached hydrogens (tertiary/aromatic N) is 4. The molecule has 0 radical (unpaired) electrons. The Labute approximate surface area is 60.5 Å². The minimum Gasteiger partial charge on any atom is -0.277 e. The van der Waals surface area contributed by atoms with Gasteiger partial charge >= 0.3 is 0 Å². The third-order valence-corrected chi connectivity index (χ3v) is 1.96. The third-order valence-electron chi connectivity index (χ3n) is 1.96. The zero-order valence-electron chi connectivity index (χ0n) is 6.03. The summed E-state index contributed by atoms with van der Waals surface area (Å²) in [5.41, 5.74) is 0. The maximum atomic E-state index is 4.04. The molecule has 0 aliphatic carbocycles. The lowest BCUT2D eigenvalue weighted by atomic mass is 10.3. The van der Waals surface area contributed by atoms with Crippen LogP contribution in [0.1, 0.15) is 12.8 Å². The highest BCUT2D eigenvalue weighted by Gasteiger charge is 2.14. The molecule has 0 N–H and O–H groups in total. The molecule has 2 aliphatic heterocycles. The zero-order valence-corrected chi connectivity index (χ0v) is 6.03. The summed E-state index contributed by atoms with van der Waals surface area (Å²) in [6.07, 6.45) is 2.55. The summed E-state index contributed by atoms with van der Waals surface area (Å²) in [4.78, 5) is 0. The molecule has 0 aromatic heterocycles. The molecule has 10 heavy (non-hydrogen) atoms. The van der Waals surface area contributed by atoms with Gasteiger partial charge in [0.25, 0.3) is 0 Å². The van der Waals surface area contributed by atoms with Gasteiger partial charge in [-0.3, -0.25) is 10.0 Å². The van der Waals surface area contributed by atoms with Crippen LogP contribution in [0, 0.1) is 0 Å². The third kappa shape index (κ3) is 1.05. The normalized spacial score (nSPS) is 24.8. The molecule has 2 fully saturated rings. The summed E-state index contributed by atoms with van der Waals surface area (Å²) in [5, 5.41) is 12.1. The van der Waals surface area contributed by atoms with E-state index in [2.05, 4.69) is 10.4 Å². The van der Waals surface area contributed by atoms with Crippen molar-refractivity contribution in [2.45, 2.75) is 12.8 Å². The van der Waals surface area contributed by atoms with E-state index < -0.39 is 0 Å². The fourth-order valence-electron chi connectivity index (χ4n) is 0.891. The van der Waals surface area contributed by atoms with Gasteiger partial charge in [-0.1, -0.05) is 10.4 Å². The van der Waals surface area contributed by atoms with Crippen molar-refractivity contribution in [3.05, 3.63) is 0 Å². The molecule has 0 aromatic carbocycles. The average molecular weight is 140 g/mol. The van der Waals surface area contributed by atoms with E-state index >= 15 is 0 Å². The van der Waals surface area contributed by atoms with Gasteiger partial charge in [-0.2, -0.15) is 0 Å².